The molecule has 4 heteroatoms. The topological polar surface area (TPSA) is 46.5 Å². The first-order valence-electron chi connectivity index (χ1n) is 6.54. The van der Waals surface area contributed by atoms with Crippen molar-refractivity contribution in [1.82, 2.24) is 0 Å². The summed E-state index contributed by atoms with van der Waals surface area (Å²) >= 11 is 6.40. The molecule has 0 bridgehead atoms. The van der Waals surface area contributed by atoms with Gasteiger partial charge in [-0.1, -0.05) is 29.8 Å². The number of halogens is 1. The Morgan fingerprint density at radius 1 is 1.24 bits per heavy atom. The quantitative estimate of drug-likeness (QED) is 0.905. The van der Waals surface area contributed by atoms with Crippen molar-refractivity contribution in [2.75, 3.05) is 6.61 Å². The lowest BCUT2D eigenvalue weighted by Gasteiger charge is -2.20. The number of ether oxygens (including phenoxy) is 1. The second-order valence-corrected chi connectivity index (χ2v) is 5.26. The third-order valence-electron chi connectivity index (χ3n) is 3.52. The third-order valence-corrected chi connectivity index (χ3v) is 4.03. The Labute approximate surface area is 127 Å². The molecule has 0 saturated heterocycles. The van der Waals surface area contributed by atoms with Crippen LogP contribution in [0.25, 0.3) is 5.57 Å². The average Bonchev–Trinajstić information content (AvgIpc) is 2.49. The maximum atomic E-state index is 11.2. The smallest absolute Gasteiger partial charge is 0.335 e. The molecule has 3 rings (SSSR count). The van der Waals surface area contributed by atoms with Crippen LogP contribution in [0.3, 0.4) is 0 Å². The largest absolute Gasteiger partial charge is 0.489 e. The maximum Gasteiger partial charge on any atom is 0.335 e. The molecule has 0 amide bonds. The van der Waals surface area contributed by atoms with E-state index < -0.39 is 5.97 Å². The van der Waals surface area contributed by atoms with Gasteiger partial charge in [0.25, 0.3) is 0 Å². The molecule has 106 valence electrons. The first-order chi connectivity index (χ1) is 10.1. The molecular weight excluding hydrogens is 288 g/mol. The highest BCUT2D eigenvalue weighted by Gasteiger charge is 2.19. The van der Waals surface area contributed by atoms with E-state index in [9.17, 15) is 4.79 Å². The molecule has 1 aliphatic rings. The van der Waals surface area contributed by atoms with Gasteiger partial charge in [0, 0.05) is 11.1 Å². The summed E-state index contributed by atoms with van der Waals surface area (Å²) in [4.78, 5) is 11.2. The molecule has 21 heavy (non-hydrogen) atoms. The molecule has 0 spiro atoms. The van der Waals surface area contributed by atoms with Crippen molar-refractivity contribution < 1.29 is 14.6 Å². The molecule has 0 aromatic heterocycles. The minimum absolute atomic E-state index is 0.230. The number of aryl methyl sites for hydroxylation is 1. The molecule has 0 saturated carbocycles. The molecule has 0 atom stereocenters. The van der Waals surface area contributed by atoms with Crippen molar-refractivity contribution in [3.05, 3.63) is 69.8 Å². The van der Waals surface area contributed by atoms with Crippen LogP contribution in [-0.4, -0.2) is 17.7 Å². The van der Waals surface area contributed by atoms with E-state index in [2.05, 4.69) is 0 Å². The Morgan fingerprint density at radius 2 is 2.05 bits per heavy atom. The second kappa shape index (κ2) is 5.26. The predicted octanol–water partition coefficient (Wildman–Crippen LogP) is 4.17. The second-order valence-electron chi connectivity index (χ2n) is 4.88. The summed E-state index contributed by atoms with van der Waals surface area (Å²) in [6, 6.07) is 10.7. The predicted molar refractivity (Wildman–Crippen MR) is 82.2 cm³/mol. The molecule has 0 unspecified atom stereocenters. The zero-order chi connectivity index (χ0) is 15.0. The van der Waals surface area contributed by atoms with E-state index in [0.717, 1.165) is 22.3 Å². The van der Waals surface area contributed by atoms with Gasteiger partial charge >= 0.3 is 5.97 Å². The summed E-state index contributed by atoms with van der Waals surface area (Å²) < 4.78 is 5.57. The Bertz CT molecular complexity index is 763. The summed E-state index contributed by atoms with van der Waals surface area (Å²) in [7, 11) is 0. The first-order valence-corrected chi connectivity index (χ1v) is 6.92. The van der Waals surface area contributed by atoms with E-state index in [1.54, 1.807) is 18.2 Å². The van der Waals surface area contributed by atoms with Crippen LogP contribution >= 0.6 is 11.6 Å². The minimum Gasteiger partial charge on any atom is -0.489 e. The van der Waals surface area contributed by atoms with Crippen LogP contribution in [0, 0.1) is 6.92 Å². The standard InChI is InChI=1S/C17H13ClO3/c1-10-3-2-4-13(16(10)18)12-7-8-21-15-6-5-11(17(19)20)9-14(12)15/h2-7,9H,8H2,1H3,(H,19,20). The molecule has 0 fully saturated rings. The zero-order valence-electron chi connectivity index (χ0n) is 11.4. The van der Waals surface area contributed by atoms with Gasteiger partial charge in [0.05, 0.1) is 10.6 Å². The van der Waals surface area contributed by atoms with Crippen molar-refractivity contribution in [3.63, 3.8) is 0 Å². The normalized spacial score (nSPS) is 13.1. The number of carboxylic acid groups (broad SMARTS) is 1. The molecule has 2 aromatic rings. The Hall–Kier alpha value is -2.26. The van der Waals surface area contributed by atoms with Gasteiger partial charge in [-0.15, -0.1) is 0 Å². The molecular formula is C17H13ClO3. The summed E-state index contributed by atoms with van der Waals surface area (Å²) in [6.45, 7) is 2.39. The van der Waals surface area contributed by atoms with Gasteiger partial charge in [-0.25, -0.2) is 4.79 Å². The van der Waals surface area contributed by atoms with Crippen LogP contribution in [0.4, 0.5) is 0 Å². The van der Waals surface area contributed by atoms with Crippen LogP contribution in [0.2, 0.25) is 5.02 Å². The lowest BCUT2D eigenvalue weighted by atomic mass is 9.93. The van der Waals surface area contributed by atoms with Crippen molar-refractivity contribution in [3.8, 4) is 5.75 Å². The highest BCUT2D eigenvalue weighted by molar-refractivity contribution is 6.33. The number of carbonyl (C=O) groups is 1. The Kier molecular flexibility index (Phi) is 3.43. The zero-order valence-corrected chi connectivity index (χ0v) is 12.1. The fraction of sp³-hybridized carbons (Fsp3) is 0.118. The molecule has 0 aliphatic carbocycles. The molecule has 1 N–H and O–H groups in total. The van der Waals surface area contributed by atoms with Gasteiger partial charge in [0.15, 0.2) is 0 Å². The third kappa shape index (κ3) is 2.41. The fourth-order valence-electron chi connectivity index (χ4n) is 2.43. The average molecular weight is 301 g/mol. The number of hydrogen-bond donors (Lipinski definition) is 1. The summed E-state index contributed by atoms with van der Waals surface area (Å²) in [5.41, 5.74) is 3.77. The van der Waals surface area contributed by atoms with Crippen LogP contribution in [-0.2, 0) is 0 Å². The van der Waals surface area contributed by atoms with E-state index in [4.69, 9.17) is 21.4 Å². The van der Waals surface area contributed by atoms with Gasteiger partial charge in [-0.2, -0.15) is 0 Å². The molecule has 3 nitrogen and oxygen atoms in total. The van der Waals surface area contributed by atoms with Gasteiger partial charge in [0.1, 0.15) is 12.4 Å². The maximum absolute atomic E-state index is 11.2. The van der Waals surface area contributed by atoms with Crippen LogP contribution in [0.5, 0.6) is 5.75 Å². The van der Waals surface area contributed by atoms with E-state index in [1.807, 2.05) is 31.2 Å². The first kappa shape index (κ1) is 13.7. The number of carboxylic acids is 1. The van der Waals surface area contributed by atoms with Gasteiger partial charge < -0.3 is 9.84 Å². The van der Waals surface area contributed by atoms with Crippen molar-refractivity contribution in [1.29, 1.82) is 0 Å². The van der Waals surface area contributed by atoms with Crippen molar-refractivity contribution in [2.45, 2.75) is 6.92 Å². The molecule has 1 aliphatic heterocycles. The number of fused-ring (bicyclic) bond motifs is 1. The fourth-order valence-corrected chi connectivity index (χ4v) is 2.66. The summed E-state index contributed by atoms with van der Waals surface area (Å²) in [5, 5.41) is 9.83. The van der Waals surface area contributed by atoms with Crippen LogP contribution in [0.1, 0.15) is 27.0 Å². The Balaban J connectivity index is 2.18. The number of rotatable bonds is 2. The molecule has 1 heterocycles. The monoisotopic (exact) mass is 300 g/mol. The summed E-state index contributed by atoms with van der Waals surface area (Å²) in [6.07, 6.45) is 1.93. The molecule has 0 radical (unpaired) electrons. The van der Waals surface area contributed by atoms with Gasteiger partial charge in [-0.3, -0.25) is 0 Å². The van der Waals surface area contributed by atoms with Gasteiger partial charge in [0.2, 0.25) is 0 Å². The van der Waals surface area contributed by atoms with E-state index >= 15 is 0 Å². The van der Waals surface area contributed by atoms with Crippen LogP contribution in [0.15, 0.2) is 42.5 Å². The minimum atomic E-state index is -0.960. The Morgan fingerprint density at radius 3 is 2.81 bits per heavy atom. The van der Waals surface area contributed by atoms with Crippen LogP contribution < -0.4 is 4.74 Å². The summed E-state index contributed by atoms with van der Waals surface area (Å²) in [5.74, 6) is -0.284. The van der Waals surface area contributed by atoms with E-state index in [1.165, 1.54) is 0 Å². The van der Waals surface area contributed by atoms with Gasteiger partial charge in [-0.05, 0) is 42.3 Å². The van der Waals surface area contributed by atoms with E-state index in [-0.39, 0.29) is 5.56 Å². The van der Waals surface area contributed by atoms with E-state index in [0.29, 0.717) is 17.4 Å². The van der Waals surface area contributed by atoms with Crippen molar-refractivity contribution >= 4 is 23.1 Å². The molecule has 2 aromatic carbocycles. The number of aromatic carboxylic acids is 1. The lowest BCUT2D eigenvalue weighted by Crippen LogP contribution is -2.08. The SMILES string of the molecule is Cc1cccc(C2=CCOc3ccc(C(=O)O)cc32)c1Cl. The van der Waals surface area contributed by atoms with Crippen molar-refractivity contribution in [2.24, 2.45) is 0 Å². The number of benzene rings is 2. The highest BCUT2D eigenvalue weighted by Crippen LogP contribution is 2.38. The highest BCUT2D eigenvalue weighted by atomic mass is 35.5. The lowest BCUT2D eigenvalue weighted by molar-refractivity contribution is 0.0697. The number of hydrogen-bond acceptors (Lipinski definition) is 2.